The maximum atomic E-state index is 13.2. The van der Waals surface area contributed by atoms with E-state index < -0.39 is 47.9 Å². The number of aromatic hydroxyl groups is 1. The van der Waals surface area contributed by atoms with Crippen molar-refractivity contribution in [3.8, 4) is 5.75 Å². The maximum absolute atomic E-state index is 13.2. The highest BCUT2D eigenvalue weighted by molar-refractivity contribution is 7.98. The maximum Gasteiger partial charge on any atom is 0.326 e. The molecule has 0 bridgehead atoms. The first kappa shape index (κ1) is 31.5. The Hall–Kier alpha value is -2.48. The van der Waals surface area contributed by atoms with E-state index >= 15 is 0 Å². The quantitative estimate of drug-likeness (QED) is 0.0953. The Bertz CT molecular complexity index is 858. The summed E-state index contributed by atoms with van der Waals surface area (Å²) in [5, 5.41) is 26.8. The largest absolute Gasteiger partial charge is 0.508 e. The van der Waals surface area contributed by atoms with E-state index in [0.717, 1.165) is 0 Å². The van der Waals surface area contributed by atoms with Gasteiger partial charge in [0.15, 0.2) is 0 Å². The van der Waals surface area contributed by atoms with Crippen molar-refractivity contribution >= 4 is 48.1 Å². The Morgan fingerprint density at radius 2 is 1.53 bits per heavy atom. The first-order valence-corrected chi connectivity index (χ1v) is 13.6. The van der Waals surface area contributed by atoms with Gasteiger partial charge >= 0.3 is 5.97 Å². The summed E-state index contributed by atoms with van der Waals surface area (Å²) in [7, 11) is 0. The van der Waals surface area contributed by atoms with Crippen LogP contribution in [0, 0.1) is 0 Å². The van der Waals surface area contributed by atoms with Gasteiger partial charge in [0, 0.05) is 12.2 Å². The molecule has 4 atom stereocenters. The summed E-state index contributed by atoms with van der Waals surface area (Å²) in [6, 6.07) is 1.99. The van der Waals surface area contributed by atoms with Crippen LogP contribution < -0.4 is 27.4 Å². The van der Waals surface area contributed by atoms with Crippen LogP contribution in [0.1, 0.15) is 31.2 Å². The van der Waals surface area contributed by atoms with Crippen LogP contribution in [0.2, 0.25) is 0 Å². The molecule has 0 aliphatic carbocycles. The number of carboxylic acid groups (broad SMARTS) is 1. The van der Waals surface area contributed by atoms with Gasteiger partial charge in [-0.3, -0.25) is 14.4 Å². The minimum absolute atomic E-state index is 0.0501. The van der Waals surface area contributed by atoms with Gasteiger partial charge < -0.3 is 37.6 Å². The van der Waals surface area contributed by atoms with Crippen molar-refractivity contribution in [1.82, 2.24) is 16.0 Å². The highest BCUT2D eigenvalue weighted by atomic mass is 32.2. The van der Waals surface area contributed by atoms with E-state index in [1.54, 1.807) is 12.1 Å². The van der Waals surface area contributed by atoms with Crippen molar-refractivity contribution in [2.45, 2.75) is 56.3 Å². The molecule has 1 aromatic rings. The Morgan fingerprint density at radius 3 is 2.08 bits per heavy atom. The highest BCUT2D eigenvalue weighted by Crippen LogP contribution is 2.12. The van der Waals surface area contributed by atoms with Gasteiger partial charge in [0.25, 0.3) is 0 Å². The van der Waals surface area contributed by atoms with Crippen molar-refractivity contribution in [2.24, 2.45) is 11.5 Å². The van der Waals surface area contributed by atoms with E-state index in [1.807, 2.05) is 6.26 Å². The van der Waals surface area contributed by atoms with Gasteiger partial charge in [-0.25, -0.2) is 4.79 Å². The smallest absolute Gasteiger partial charge is 0.326 e. The summed E-state index contributed by atoms with van der Waals surface area (Å²) in [6.07, 6.45) is 3.54. The molecule has 4 unspecified atom stereocenters. The van der Waals surface area contributed by atoms with Crippen LogP contribution in [0.3, 0.4) is 0 Å². The van der Waals surface area contributed by atoms with Gasteiger partial charge in [0.05, 0.1) is 6.04 Å². The molecule has 0 saturated carbocycles. The number of nitrogens with two attached hydrogens (primary N) is 2. The zero-order valence-electron chi connectivity index (χ0n) is 20.3. The zero-order valence-corrected chi connectivity index (χ0v) is 22.0. The number of nitrogens with one attached hydrogen (secondary N) is 3. The van der Waals surface area contributed by atoms with Gasteiger partial charge in [-0.2, -0.15) is 24.4 Å². The Labute approximate surface area is 220 Å². The number of carboxylic acids is 1. The van der Waals surface area contributed by atoms with Crippen LogP contribution in [0.5, 0.6) is 5.75 Å². The van der Waals surface area contributed by atoms with Crippen molar-refractivity contribution in [3.05, 3.63) is 29.8 Å². The van der Waals surface area contributed by atoms with Crippen LogP contribution in [0.4, 0.5) is 0 Å². The predicted molar refractivity (Wildman–Crippen MR) is 143 cm³/mol. The fraction of sp³-hybridized carbons (Fsp3) is 0.565. The lowest BCUT2D eigenvalue weighted by atomic mass is 10.0. The van der Waals surface area contributed by atoms with Gasteiger partial charge in [-0.05, 0) is 61.9 Å². The summed E-state index contributed by atoms with van der Waals surface area (Å²) in [6.45, 7) is 0.414. The number of thiol groups is 1. The summed E-state index contributed by atoms with van der Waals surface area (Å²) in [4.78, 5) is 50.2. The van der Waals surface area contributed by atoms with Crippen LogP contribution in [0.25, 0.3) is 0 Å². The molecule has 0 fully saturated rings. The number of unbranched alkanes of at least 4 members (excludes halogenated alkanes) is 1. The number of phenols is 1. The number of hydrogen-bond acceptors (Lipinski definition) is 9. The fourth-order valence-corrected chi connectivity index (χ4v) is 3.88. The van der Waals surface area contributed by atoms with E-state index in [9.17, 15) is 29.4 Å². The average molecular weight is 544 g/mol. The Balaban J connectivity index is 3.04. The van der Waals surface area contributed by atoms with Gasteiger partial charge in [-0.15, -0.1) is 0 Å². The number of carbonyl (C=O) groups is 4. The average Bonchev–Trinajstić information content (AvgIpc) is 2.85. The van der Waals surface area contributed by atoms with E-state index in [0.29, 0.717) is 30.7 Å². The fourth-order valence-electron chi connectivity index (χ4n) is 3.24. The number of rotatable bonds is 17. The number of benzene rings is 1. The standard InChI is InChI=1S/C23H37N5O6S2/c1-36-11-9-17(21(31)27-18(23(33)34)4-2-3-10-24)26-22(32)19(28-20(30)16(25)13-35)12-14-5-7-15(29)8-6-14/h5-8,16-19,29,35H,2-4,9-13,24-25H2,1H3,(H,26,32)(H,27,31)(H,28,30)(H,33,34). The van der Waals surface area contributed by atoms with Crippen LogP contribution in [0.15, 0.2) is 24.3 Å². The zero-order chi connectivity index (χ0) is 27.1. The normalized spacial score (nSPS) is 14.2. The van der Waals surface area contributed by atoms with E-state index in [1.165, 1.54) is 23.9 Å². The van der Waals surface area contributed by atoms with Gasteiger partial charge in [-0.1, -0.05) is 12.1 Å². The molecule has 0 spiro atoms. The number of hydrogen-bond donors (Lipinski definition) is 8. The Morgan fingerprint density at radius 1 is 0.944 bits per heavy atom. The van der Waals surface area contributed by atoms with Gasteiger partial charge in [0.1, 0.15) is 23.9 Å². The monoisotopic (exact) mass is 543 g/mol. The molecule has 202 valence electrons. The van der Waals surface area contributed by atoms with Gasteiger partial charge in [0.2, 0.25) is 17.7 Å². The number of carbonyl (C=O) groups excluding carboxylic acids is 3. The molecular weight excluding hydrogens is 506 g/mol. The van der Waals surface area contributed by atoms with E-state index in [-0.39, 0.29) is 30.8 Å². The van der Waals surface area contributed by atoms with E-state index in [2.05, 4.69) is 28.6 Å². The number of thioether (sulfide) groups is 1. The second-order valence-electron chi connectivity index (χ2n) is 8.25. The molecule has 1 rings (SSSR count). The lowest BCUT2D eigenvalue weighted by molar-refractivity contribution is -0.142. The van der Waals surface area contributed by atoms with Crippen LogP contribution in [-0.4, -0.2) is 82.4 Å². The third-order valence-corrected chi connectivity index (χ3v) is 6.39. The second kappa shape index (κ2) is 17.1. The second-order valence-corrected chi connectivity index (χ2v) is 9.60. The topological polar surface area (TPSA) is 197 Å². The summed E-state index contributed by atoms with van der Waals surface area (Å²) in [5.74, 6) is -2.36. The molecule has 0 heterocycles. The molecule has 0 aliphatic heterocycles. The Kier molecular flexibility index (Phi) is 14.9. The minimum Gasteiger partial charge on any atom is -0.508 e. The third-order valence-electron chi connectivity index (χ3n) is 5.35. The molecule has 13 heteroatoms. The number of aliphatic carboxylic acids is 1. The summed E-state index contributed by atoms with van der Waals surface area (Å²) < 4.78 is 0. The lowest BCUT2D eigenvalue weighted by Crippen LogP contribution is -2.57. The molecule has 9 N–H and O–H groups in total. The van der Waals surface area contributed by atoms with Crippen LogP contribution >= 0.6 is 24.4 Å². The molecule has 0 aliphatic rings. The molecule has 0 aromatic heterocycles. The molecular formula is C23H37N5O6S2. The SMILES string of the molecule is CSCCC(NC(=O)C(Cc1ccc(O)cc1)NC(=O)C(N)CS)C(=O)NC(CCCCN)C(=O)O. The molecule has 36 heavy (non-hydrogen) atoms. The molecule has 0 saturated heterocycles. The van der Waals surface area contributed by atoms with Crippen molar-refractivity contribution in [3.63, 3.8) is 0 Å². The molecule has 3 amide bonds. The lowest BCUT2D eigenvalue weighted by Gasteiger charge is -2.25. The first-order chi connectivity index (χ1) is 17.1. The van der Waals surface area contributed by atoms with E-state index in [4.69, 9.17) is 11.5 Å². The van der Waals surface area contributed by atoms with Crippen molar-refractivity contribution in [1.29, 1.82) is 0 Å². The first-order valence-electron chi connectivity index (χ1n) is 11.6. The number of amides is 3. The van der Waals surface area contributed by atoms with Crippen LogP contribution in [-0.2, 0) is 25.6 Å². The predicted octanol–water partition coefficient (Wildman–Crippen LogP) is -0.387. The summed E-state index contributed by atoms with van der Waals surface area (Å²) in [5.41, 5.74) is 11.9. The highest BCUT2D eigenvalue weighted by Gasteiger charge is 2.30. The summed E-state index contributed by atoms with van der Waals surface area (Å²) >= 11 is 5.48. The molecule has 1 aromatic carbocycles. The van der Waals surface area contributed by atoms with Crippen molar-refractivity contribution in [2.75, 3.05) is 24.3 Å². The molecule has 11 nitrogen and oxygen atoms in total. The third kappa shape index (κ3) is 11.5. The minimum atomic E-state index is -1.17. The molecule has 0 radical (unpaired) electrons. The van der Waals surface area contributed by atoms with Crippen molar-refractivity contribution < 1.29 is 29.4 Å². The number of phenolic OH excluding ortho intramolecular Hbond substituents is 1.